The second-order valence-electron chi connectivity index (χ2n) is 4.92. The van der Waals surface area contributed by atoms with Crippen molar-refractivity contribution in [1.29, 1.82) is 0 Å². The highest BCUT2D eigenvalue weighted by molar-refractivity contribution is 6.35. The Morgan fingerprint density at radius 1 is 1.05 bits per heavy atom. The van der Waals surface area contributed by atoms with Crippen LogP contribution in [0.25, 0.3) is 11.1 Å². The Morgan fingerprint density at radius 3 is 2.40 bits per heavy atom. The van der Waals surface area contributed by atoms with E-state index in [4.69, 9.17) is 23.2 Å². The lowest BCUT2D eigenvalue weighted by molar-refractivity contribution is 0.571. The van der Waals surface area contributed by atoms with Crippen LogP contribution in [0.3, 0.4) is 0 Å². The number of halogens is 2. The summed E-state index contributed by atoms with van der Waals surface area (Å²) in [5.74, 6) is 0. The van der Waals surface area contributed by atoms with Gasteiger partial charge in [-0.15, -0.1) is 0 Å². The SMILES string of the molecule is CCCNC(C)c1ccc(-c2cc(Cl)ccc2Cl)cc1. The van der Waals surface area contributed by atoms with E-state index in [0.717, 1.165) is 29.1 Å². The summed E-state index contributed by atoms with van der Waals surface area (Å²) in [5, 5.41) is 4.90. The van der Waals surface area contributed by atoms with Crippen molar-refractivity contribution in [2.75, 3.05) is 6.54 Å². The normalized spacial score (nSPS) is 12.4. The molecule has 0 aliphatic heterocycles. The van der Waals surface area contributed by atoms with Gasteiger partial charge in [0.1, 0.15) is 0 Å². The molecule has 1 N–H and O–H groups in total. The summed E-state index contributed by atoms with van der Waals surface area (Å²) >= 11 is 12.3. The Hall–Kier alpha value is -1.02. The van der Waals surface area contributed by atoms with Gasteiger partial charge in [0.25, 0.3) is 0 Å². The van der Waals surface area contributed by atoms with Crippen LogP contribution in [-0.2, 0) is 0 Å². The molecule has 0 aliphatic rings. The maximum absolute atomic E-state index is 6.23. The van der Waals surface area contributed by atoms with Gasteiger partial charge < -0.3 is 5.32 Å². The van der Waals surface area contributed by atoms with E-state index in [1.807, 2.05) is 12.1 Å². The summed E-state index contributed by atoms with van der Waals surface area (Å²) in [5.41, 5.74) is 3.34. The quantitative estimate of drug-likeness (QED) is 0.744. The van der Waals surface area contributed by atoms with Gasteiger partial charge in [-0.3, -0.25) is 0 Å². The van der Waals surface area contributed by atoms with E-state index in [0.29, 0.717) is 11.1 Å². The molecule has 1 nitrogen and oxygen atoms in total. The predicted octanol–water partition coefficient (Wildman–Crippen LogP) is 5.72. The van der Waals surface area contributed by atoms with Crippen LogP contribution < -0.4 is 5.32 Å². The molecule has 0 bridgehead atoms. The van der Waals surface area contributed by atoms with Crippen LogP contribution in [-0.4, -0.2) is 6.54 Å². The molecule has 0 saturated carbocycles. The Morgan fingerprint density at radius 2 is 1.75 bits per heavy atom. The lowest BCUT2D eigenvalue weighted by atomic mass is 10.0. The summed E-state index contributed by atoms with van der Waals surface area (Å²) in [6.45, 7) is 5.38. The molecule has 106 valence electrons. The minimum Gasteiger partial charge on any atom is -0.310 e. The Labute approximate surface area is 130 Å². The first-order chi connectivity index (χ1) is 9.61. The molecule has 2 rings (SSSR count). The zero-order valence-corrected chi connectivity index (χ0v) is 13.3. The Bertz CT molecular complexity index is 564. The highest BCUT2D eigenvalue weighted by Gasteiger charge is 2.07. The van der Waals surface area contributed by atoms with Crippen molar-refractivity contribution in [3.05, 3.63) is 58.1 Å². The van der Waals surface area contributed by atoms with Crippen LogP contribution in [0.1, 0.15) is 31.9 Å². The third-order valence-electron chi connectivity index (χ3n) is 3.35. The topological polar surface area (TPSA) is 12.0 Å². The minimum atomic E-state index is 0.360. The highest BCUT2D eigenvalue weighted by Crippen LogP contribution is 2.31. The summed E-state index contributed by atoms with van der Waals surface area (Å²) in [7, 11) is 0. The van der Waals surface area contributed by atoms with E-state index in [9.17, 15) is 0 Å². The lowest BCUT2D eigenvalue weighted by Crippen LogP contribution is -2.19. The van der Waals surface area contributed by atoms with Gasteiger partial charge in [-0.05, 0) is 49.2 Å². The van der Waals surface area contributed by atoms with Gasteiger partial charge in [0.15, 0.2) is 0 Å². The van der Waals surface area contributed by atoms with Crippen molar-refractivity contribution < 1.29 is 0 Å². The first kappa shape index (κ1) is 15.4. The van der Waals surface area contributed by atoms with Gasteiger partial charge >= 0.3 is 0 Å². The predicted molar refractivity (Wildman–Crippen MR) is 88.6 cm³/mol. The van der Waals surface area contributed by atoms with Crippen LogP contribution in [0.4, 0.5) is 0 Å². The molecule has 3 heteroatoms. The molecule has 20 heavy (non-hydrogen) atoms. The van der Waals surface area contributed by atoms with Crippen LogP contribution in [0.15, 0.2) is 42.5 Å². The van der Waals surface area contributed by atoms with Crippen molar-refractivity contribution in [3.63, 3.8) is 0 Å². The number of rotatable bonds is 5. The van der Waals surface area contributed by atoms with Crippen LogP contribution >= 0.6 is 23.2 Å². The summed E-state index contributed by atoms with van der Waals surface area (Å²) < 4.78 is 0. The fourth-order valence-corrected chi connectivity index (χ4v) is 2.55. The van der Waals surface area contributed by atoms with Crippen LogP contribution in [0, 0.1) is 0 Å². The molecule has 0 spiro atoms. The van der Waals surface area contributed by atoms with Crippen molar-refractivity contribution in [2.24, 2.45) is 0 Å². The molecule has 0 amide bonds. The van der Waals surface area contributed by atoms with E-state index >= 15 is 0 Å². The Balaban J connectivity index is 2.21. The van der Waals surface area contributed by atoms with Gasteiger partial charge in [-0.2, -0.15) is 0 Å². The van der Waals surface area contributed by atoms with Gasteiger partial charge in [0.05, 0.1) is 0 Å². The van der Waals surface area contributed by atoms with Gasteiger partial charge in [0, 0.05) is 21.7 Å². The molecule has 2 aromatic rings. The highest BCUT2D eigenvalue weighted by atomic mass is 35.5. The fraction of sp³-hybridized carbons (Fsp3) is 0.294. The average molecular weight is 308 g/mol. The maximum Gasteiger partial charge on any atom is 0.0485 e. The molecule has 0 aromatic heterocycles. The van der Waals surface area contributed by atoms with Crippen LogP contribution in [0.5, 0.6) is 0 Å². The first-order valence-electron chi connectivity index (χ1n) is 6.90. The monoisotopic (exact) mass is 307 g/mol. The zero-order chi connectivity index (χ0) is 14.5. The van der Waals surface area contributed by atoms with E-state index in [2.05, 4.69) is 43.4 Å². The second-order valence-corrected chi connectivity index (χ2v) is 5.77. The van der Waals surface area contributed by atoms with Gasteiger partial charge in [0.2, 0.25) is 0 Å². The summed E-state index contributed by atoms with van der Waals surface area (Å²) in [4.78, 5) is 0. The molecule has 2 aromatic carbocycles. The van der Waals surface area contributed by atoms with E-state index in [1.165, 1.54) is 5.56 Å². The van der Waals surface area contributed by atoms with Gasteiger partial charge in [-0.25, -0.2) is 0 Å². The molecule has 1 unspecified atom stereocenters. The molecule has 0 radical (unpaired) electrons. The van der Waals surface area contributed by atoms with E-state index < -0.39 is 0 Å². The molecule has 0 fully saturated rings. The maximum atomic E-state index is 6.23. The van der Waals surface area contributed by atoms with Crippen molar-refractivity contribution in [3.8, 4) is 11.1 Å². The smallest absolute Gasteiger partial charge is 0.0485 e. The minimum absolute atomic E-state index is 0.360. The van der Waals surface area contributed by atoms with Gasteiger partial charge in [-0.1, -0.05) is 54.4 Å². The number of hydrogen-bond donors (Lipinski definition) is 1. The van der Waals surface area contributed by atoms with E-state index in [1.54, 1.807) is 6.07 Å². The number of hydrogen-bond acceptors (Lipinski definition) is 1. The average Bonchev–Trinajstić information content (AvgIpc) is 2.47. The second kappa shape index (κ2) is 7.12. The molecule has 0 aliphatic carbocycles. The largest absolute Gasteiger partial charge is 0.310 e. The molecule has 0 saturated heterocycles. The van der Waals surface area contributed by atoms with Crippen molar-refractivity contribution in [2.45, 2.75) is 26.3 Å². The fourth-order valence-electron chi connectivity index (χ4n) is 2.15. The van der Waals surface area contributed by atoms with E-state index in [-0.39, 0.29) is 0 Å². The molecule has 0 heterocycles. The number of nitrogens with one attached hydrogen (secondary N) is 1. The molecular weight excluding hydrogens is 289 g/mol. The van der Waals surface area contributed by atoms with Crippen molar-refractivity contribution >= 4 is 23.2 Å². The summed E-state index contributed by atoms with van der Waals surface area (Å²) in [6, 6.07) is 14.4. The summed E-state index contributed by atoms with van der Waals surface area (Å²) in [6.07, 6.45) is 1.14. The van der Waals surface area contributed by atoms with Crippen LogP contribution in [0.2, 0.25) is 10.0 Å². The molecule has 1 atom stereocenters. The first-order valence-corrected chi connectivity index (χ1v) is 7.66. The number of benzene rings is 2. The third kappa shape index (κ3) is 3.76. The lowest BCUT2D eigenvalue weighted by Gasteiger charge is -2.14. The molecular formula is C17H19Cl2N. The van der Waals surface area contributed by atoms with Crippen molar-refractivity contribution in [1.82, 2.24) is 5.32 Å². The third-order valence-corrected chi connectivity index (χ3v) is 3.92. The Kier molecular flexibility index (Phi) is 5.47. The standard InChI is InChI=1S/C17H19Cl2N/c1-3-10-20-12(2)13-4-6-14(7-5-13)16-11-15(18)8-9-17(16)19/h4-9,11-12,20H,3,10H2,1-2H3. The zero-order valence-electron chi connectivity index (χ0n) is 11.8.